The normalized spacial score (nSPS) is 14.0. The van der Waals surface area contributed by atoms with Crippen LogP contribution in [0.5, 0.6) is 0 Å². The van der Waals surface area contributed by atoms with Crippen molar-refractivity contribution in [1.29, 1.82) is 0 Å². The van der Waals surface area contributed by atoms with Gasteiger partial charge in [-0.25, -0.2) is 4.98 Å². The summed E-state index contributed by atoms with van der Waals surface area (Å²) in [7, 11) is 0. The quantitative estimate of drug-likeness (QED) is 0.792. The number of carbonyl (C=O) groups excluding carboxylic acids is 1. The van der Waals surface area contributed by atoms with Crippen molar-refractivity contribution in [2.75, 3.05) is 13.2 Å². The minimum Gasteiger partial charge on any atom is -0.396 e. The van der Waals surface area contributed by atoms with Crippen LogP contribution in [0.25, 0.3) is 10.7 Å². The fraction of sp³-hybridized carbons (Fsp3) is 0.471. The first-order valence-electron chi connectivity index (χ1n) is 8.01. The van der Waals surface area contributed by atoms with Crippen LogP contribution in [0.1, 0.15) is 41.0 Å². The van der Waals surface area contributed by atoms with Gasteiger partial charge in [0.2, 0.25) is 0 Å². The lowest BCUT2D eigenvalue weighted by Crippen LogP contribution is -2.34. The van der Waals surface area contributed by atoms with Crippen LogP contribution in [0.4, 0.5) is 0 Å². The van der Waals surface area contributed by atoms with E-state index in [1.807, 2.05) is 30.0 Å². The molecule has 1 aliphatic rings. The average molecular weight is 331 g/mol. The third-order valence-corrected chi connectivity index (χ3v) is 5.10. The molecule has 0 atom stereocenters. The summed E-state index contributed by atoms with van der Waals surface area (Å²) in [5, 5.41) is 9.73. The van der Waals surface area contributed by atoms with Crippen molar-refractivity contribution < 1.29 is 9.90 Å². The van der Waals surface area contributed by atoms with Gasteiger partial charge in [-0.1, -0.05) is 6.07 Å². The highest BCUT2D eigenvalue weighted by atomic mass is 32.1. The van der Waals surface area contributed by atoms with Crippen LogP contribution in [0.2, 0.25) is 0 Å². The molecule has 0 aliphatic heterocycles. The highest BCUT2D eigenvalue weighted by Gasteiger charge is 2.34. The summed E-state index contributed by atoms with van der Waals surface area (Å²) in [6, 6.07) is 6.06. The van der Waals surface area contributed by atoms with Crippen molar-refractivity contribution in [3.8, 4) is 10.7 Å². The minimum absolute atomic E-state index is 0.0719. The molecule has 2 heterocycles. The van der Waals surface area contributed by atoms with Crippen LogP contribution in [0.3, 0.4) is 0 Å². The van der Waals surface area contributed by atoms with E-state index in [2.05, 4.69) is 9.97 Å². The molecule has 122 valence electrons. The van der Waals surface area contributed by atoms with Gasteiger partial charge in [0.25, 0.3) is 5.91 Å². The van der Waals surface area contributed by atoms with Crippen LogP contribution >= 0.6 is 11.3 Å². The summed E-state index contributed by atoms with van der Waals surface area (Å²) in [5.74, 6) is 0.0719. The number of nitrogens with zero attached hydrogens (tertiary/aromatic N) is 3. The van der Waals surface area contributed by atoms with Gasteiger partial charge in [-0.15, -0.1) is 11.3 Å². The number of aliphatic hydroxyl groups is 1. The summed E-state index contributed by atoms with van der Waals surface area (Å²) in [5.41, 5.74) is 1.58. The second-order valence-corrected chi connectivity index (χ2v) is 6.81. The molecule has 0 saturated heterocycles. The fourth-order valence-electron chi connectivity index (χ4n) is 2.55. The highest BCUT2D eigenvalue weighted by Crippen LogP contribution is 2.32. The molecule has 1 fully saturated rings. The second kappa shape index (κ2) is 7.19. The molecule has 0 bridgehead atoms. The zero-order valence-electron chi connectivity index (χ0n) is 13.2. The summed E-state index contributed by atoms with van der Waals surface area (Å²) in [6.45, 7) is 2.77. The molecule has 1 aliphatic carbocycles. The number of thiazole rings is 1. The predicted octanol–water partition coefficient (Wildman–Crippen LogP) is 2.89. The Bertz CT molecular complexity index is 668. The Morgan fingerprint density at radius 2 is 2.22 bits per heavy atom. The SMILES string of the molecule is Cc1nc(-c2ccccn2)sc1C(=O)N(CCCCO)C1CC1. The molecule has 1 saturated carbocycles. The van der Waals surface area contributed by atoms with E-state index in [0.717, 1.165) is 42.1 Å². The lowest BCUT2D eigenvalue weighted by molar-refractivity contribution is 0.0741. The van der Waals surface area contributed by atoms with Crippen molar-refractivity contribution in [2.24, 2.45) is 0 Å². The first-order valence-corrected chi connectivity index (χ1v) is 8.83. The zero-order chi connectivity index (χ0) is 16.2. The molecular weight excluding hydrogens is 310 g/mol. The molecule has 0 unspecified atom stereocenters. The van der Waals surface area contributed by atoms with E-state index in [1.165, 1.54) is 11.3 Å². The number of aryl methyl sites for hydroxylation is 1. The standard InChI is InChI=1S/C17H21N3O2S/c1-12-15(23-16(19-12)14-6-2-3-9-18-14)17(22)20(13-7-8-13)10-4-5-11-21/h2-3,6,9,13,21H,4-5,7-8,10-11H2,1H3. The van der Waals surface area contributed by atoms with Crippen LogP contribution in [-0.4, -0.2) is 45.1 Å². The third-order valence-electron chi connectivity index (χ3n) is 3.93. The molecule has 0 radical (unpaired) electrons. The van der Waals surface area contributed by atoms with Crippen molar-refractivity contribution in [2.45, 2.75) is 38.6 Å². The lowest BCUT2D eigenvalue weighted by Gasteiger charge is -2.21. The van der Waals surface area contributed by atoms with Crippen LogP contribution in [-0.2, 0) is 0 Å². The molecule has 0 spiro atoms. The second-order valence-electron chi connectivity index (χ2n) is 5.81. The number of aromatic nitrogens is 2. The molecule has 0 aromatic carbocycles. The number of hydrogen-bond donors (Lipinski definition) is 1. The molecule has 6 heteroatoms. The van der Waals surface area contributed by atoms with Gasteiger partial charge in [-0.05, 0) is 44.7 Å². The Balaban J connectivity index is 1.79. The van der Waals surface area contributed by atoms with E-state index >= 15 is 0 Å². The van der Waals surface area contributed by atoms with Gasteiger partial charge in [0.05, 0.1) is 11.4 Å². The monoisotopic (exact) mass is 331 g/mol. The largest absolute Gasteiger partial charge is 0.396 e. The fourth-order valence-corrected chi connectivity index (χ4v) is 3.55. The number of unbranched alkanes of at least 4 members (excludes halogenated alkanes) is 1. The first kappa shape index (κ1) is 16.1. The van der Waals surface area contributed by atoms with Gasteiger partial charge < -0.3 is 10.0 Å². The Hall–Kier alpha value is -1.79. The number of aliphatic hydroxyl groups excluding tert-OH is 1. The third kappa shape index (κ3) is 3.76. The van der Waals surface area contributed by atoms with Crippen LogP contribution < -0.4 is 0 Å². The van der Waals surface area contributed by atoms with E-state index in [0.29, 0.717) is 17.5 Å². The molecule has 23 heavy (non-hydrogen) atoms. The van der Waals surface area contributed by atoms with Gasteiger partial charge in [-0.2, -0.15) is 0 Å². The van der Waals surface area contributed by atoms with Gasteiger partial charge in [0.15, 0.2) is 0 Å². The number of pyridine rings is 1. The lowest BCUT2D eigenvalue weighted by atomic mass is 10.2. The Labute approximate surface area is 140 Å². The van der Waals surface area contributed by atoms with E-state index in [9.17, 15) is 4.79 Å². The summed E-state index contributed by atoms with van der Waals surface area (Å²) < 4.78 is 0. The Morgan fingerprint density at radius 1 is 1.39 bits per heavy atom. The summed E-state index contributed by atoms with van der Waals surface area (Å²) in [4.78, 5) is 24.4. The molecule has 1 N–H and O–H groups in total. The van der Waals surface area contributed by atoms with E-state index in [4.69, 9.17) is 5.11 Å². The van der Waals surface area contributed by atoms with Crippen molar-refractivity contribution in [3.63, 3.8) is 0 Å². The summed E-state index contributed by atoms with van der Waals surface area (Å²) >= 11 is 1.42. The minimum atomic E-state index is 0.0719. The van der Waals surface area contributed by atoms with Gasteiger partial charge >= 0.3 is 0 Å². The number of amides is 1. The zero-order valence-corrected chi connectivity index (χ0v) is 14.1. The predicted molar refractivity (Wildman–Crippen MR) is 90.5 cm³/mol. The van der Waals surface area contributed by atoms with Crippen molar-refractivity contribution in [3.05, 3.63) is 35.0 Å². The van der Waals surface area contributed by atoms with E-state index in [-0.39, 0.29) is 12.5 Å². The van der Waals surface area contributed by atoms with Gasteiger partial charge in [-0.3, -0.25) is 9.78 Å². The maximum absolute atomic E-state index is 12.9. The van der Waals surface area contributed by atoms with Crippen molar-refractivity contribution in [1.82, 2.24) is 14.9 Å². The smallest absolute Gasteiger partial charge is 0.266 e. The Morgan fingerprint density at radius 3 is 2.87 bits per heavy atom. The van der Waals surface area contributed by atoms with Gasteiger partial charge in [0.1, 0.15) is 9.88 Å². The number of rotatable bonds is 7. The summed E-state index contributed by atoms with van der Waals surface area (Å²) in [6.07, 6.45) is 5.46. The molecule has 2 aromatic heterocycles. The van der Waals surface area contributed by atoms with Crippen LogP contribution in [0, 0.1) is 6.92 Å². The number of carbonyl (C=O) groups is 1. The van der Waals surface area contributed by atoms with Crippen molar-refractivity contribution >= 4 is 17.2 Å². The maximum Gasteiger partial charge on any atom is 0.266 e. The van der Waals surface area contributed by atoms with Gasteiger partial charge in [0, 0.05) is 25.4 Å². The van der Waals surface area contributed by atoms with Crippen LogP contribution in [0.15, 0.2) is 24.4 Å². The average Bonchev–Trinajstić information content (AvgIpc) is 3.33. The number of hydrogen-bond acceptors (Lipinski definition) is 5. The Kier molecular flexibility index (Phi) is 5.03. The van der Waals surface area contributed by atoms with E-state index in [1.54, 1.807) is 6.20 Å². The molecule has 5 nitrogen and oxygen atoms in total. The maximum atomic E-state index is 12.9. The molecule has 1 amide bonds. The highest BCUT2D eigenvalue weighted by molar-refractivity contribution is 7.17. The topological polar surface area (TPSA) is 66.3 Å². The first-order chi connectivity index (χ1) is 11.2. The molecule has 2 aromatic rings. The molecular formula is C17H21N3O2S. The van der Waals surface area contributed by atoms with E-state index < -0.39 is 0 Å². The molecule has 3 rings (SSSR count).